The molecule has 0 bridgehead atoms. The van der Waals surface area contributed by atoms with Crippen molar-refractivity contribution in [2.24, 2.45) is 0 Å². The monoisotopic (exact) mass is 422 g/mol. The maximum atomic E-state index is 12.8. The first-order valence-corrected chi connectivity index (χ1v) is 10.1. The number of hydrogen-bond donors (Lipinski definition) is 1. The Morgan fingerprint density at radius 3 is 2.48 bits per heavy atom. The van der Waals surface area contributed by atoms with E-state index in [0.717, 1.165) is 11.1 Å². The van der Waals surface area contributed by atoms with Gasteiger partial charge in [-0.2, -0.15) is 0 Å². The molecule has 3 aromatic rings. The fourth-order valence-corrected chi connectivity index (χ4v) is 3.10. The summed E-state index contributed by atoms with van der Waals surface area (Å²) in [6.45, 7) is 5.74. The molecule has 0 radical (unpaired) electrons. The second kappa shape index (κ2) is 9.93. The van der Waals surface area contributed by atoms with E-state index in [9.17, 15) is 14.4 Å². The predicted molar refractivity (Wildman–Crippen MR) is 116 cm³/mol. The average Bonchev–Trinajstić information content (AvgIpc) is 3.18. The van der Waals surface area contributed by atoms with Crippen molar-refractivity contribution in [1.82, 2.24) is 9.88 Å². The fraction of sp³-hybridized carbons (Fsp3) is 0.292. The lowest BCUT2D eigenvalue weighted by molar-refractivity contribution is -0.147. The van der Waals surface area contributed by atoms with Crippen LogP contribution in [0.3, 0.4) is 0 Å². The summed E-state index contributed by atoms with van der Waals surface area (Å²) >= 11 is 0. The second-order valence-corrected chi connectivity index (χ2v) is 7.61. The Hall–Kier alpha value is -3.61. The number of aryl methyl sites for hydroxylation is 1. The van der Waals surface area contributed by atoms with E-state index in [0.29, 0.717) is 5.76 Å². The summed E-state index contributed by atoms with van der Waals surface area (Å²) in [6.07, 6.45) is 1.41. The van der Waals surface area contributed by atoms with Crippen molar-refractivity contribution in [3.05, 3.63) is 93.8 Å². The number of nitrogens with zero attached hydrogens (tertiary/aromatic N) is 1. The Morgan fingerprint density at radius 1 is 1.06 bits per heavy atom. The smallest absolute Gasteiger partial charge is 0.308 e. The summed E-state index contributed by atoms with van der Waals surface area (Å²) in [5.41, 5.74) is 1.71. The summed E-state index contributed by atoms with van der Waals surface area (Å²) in [5.74, 6) is -0.267. The molecule has 3 rings (SSSR count). The largest absolute Gasteiger partial charge is 0.463 e. The Kier molecular flexibility index (Phi) is 7.07. The molecule has 7 nitrogen and oxygen atoms in total. The van der Waals surface area contributed by atoms with Crippen molar-refractivity contribution in [2.45, 2.75) is 45.9 Å². The number of furan rings is 1. The van der Waals surface area contributed by atoms with E-state index in [1.54, 1.807) is 44.3 Å². The lowest BCUT2D eigenvalue weighted by atomic mass is 10.0. The van der Waals surface area contributed by atoms with E-state index in [1.165, 1.54) is 10.6 Å². The lowest BCUT2D eigenvalue weighted by Gasteiger charge is -2.19. The topological polar surface area (TPSA) is 90.5 Å². The Balaban J connectivity index is 1.74. The lowest BCUT2D eigenvalue weighted by Crippen LogP contribution is -2.31. The van der Waals surface area contributed by atoms with Gasteiger partial charge in [0.2, 0.25) is 0 Å². The zero-order chi connectivity index (χ0) is 22.4. The highest BCUT2D eigenvalue weighted by Crippen LogP contribution is 2.20. The first-order valence-electron chi connectivity index (χ1n) is 10.1. The molecule has 0 aliphatic heterocycles. The molecule has 1 unspecified atom stereocenters. The number of esters is 1. The van der Waals surface area contributed by atoms with Gasteiger partial charge in [-0.3, -0.25) is 14.4 Å². The van der Waals surface area contributed by atoms with E-state index in [-0.39, 0.29) is 30.4 Å². The van der Waals surface area contributed by atoms with Crippen molar-refractivity contribution in [1.29, 1.82) is 0 Å². The number of ether oxygens (including phenoxy) is 1. The van der Waals surface area contributed by atoms with E-state index in [1.807, 2.05) is 31.2 Å². The van der Waals surface area contributed by atoms with Crippen molar-refractivity contribution >= 4 is 11.9 Å². The van der Waals surface area contributed by atoms with Gasteiger partial charge >= 0.3 is 5.97 Å². The van der Waals surface area contributed by atoms with Crippen LogP contribution in [0, 0.1) is 6.92 Å². The summed E-state index contributed by atoms with van der Waals surface area (Å²) in [5, 5.41) is 2.86. The molecule has 1 aromatic carbocycles. The molecule has 162 valence electrons. The van der Waals surface area contributed by atoms with Gasteiger partial charge in [-0.25, -0.2) is 0 Å². The molecular weight excluding hydrogens is 396 g/mol. The third kappa shape index (κ3) is 6.18. The number of hydrogen-bond acceptors (Lipinski definition) is 5. The number of rotatable bonds is 8. The second-order valence-electron chi connectivity index (χ2n) is 7.61. The summed E-state index contributed by atoms with van der Waals surface area (Å²) in [7, 11) is 0. The molecule has 0 aliphatic carbocycles. The molecule has 2 aromatic heterocycles. The minimum absolute atomic E-state index is 0.0000440. The van der Waals surface area contributed by atoms with Crippen LogP contribution in [0.15, 0.2) is 70.0 Å². The molecule has 0 fully saturated rings. The quantitative estimate of drug-likeness (QED) is 0.560. The molecule has 7 heteroatoms. The molecule has 2 heterocycles. The van der Waals surface area contributed by atoms with Crippen LogP contribution in [-0.2, 0) is 16.1 Å². The third-order valence-electron chi connectivity index (χ3n) is 4.63. The van der Waals surface area contributed by atoms with Crippen molar-refractivity contribution in [2.75, 3.05) is 0 Å². The van der Waals surface area contributed by atoms with Gasteiger partial charge in [0.15, 0.2) is 5.76 Å². The zero-order valence-corrected chi connectivity index (χ0v) is 17.8. The van der Waals surface area contributed by atoms with Crippen molar-refractivity contribution < 1.29 is 18.7 Å². The molecule has 1 amide bonds. The Morgan fingerprint density at radius 2 is 1.81 bits per heavy atom. The van der Waals surface area contributed by atoms with Gasteiger partial charge in [0, 0.05) is 12.3 Å². The Labute approximate surface area is 180 Å². The van der Waals surface area contributed by atoms with Gasteiger partial charge in [0.05, 0.1) is 25.1 Å². The number of carbonyl (C=O) groups is 2. The number of aromatic nitrogens is 1. The van der Waals surface area contributed by atoms with Gasteiger partial charge < -0.3 is 19.0 Å². The minimum atomic E-state index is -0.565. The van der Waals surface area contributed by atoms with E-state index < -0.39 is 17.9 Å². The molecule has 1 N–H and O–H groups in total. The molecule has 0 saturated carbocycles. The van der Waals surface area contributed by atoms with Gasteiger partial charge in [0.1, 0.15) is 5.76 Å². The fourth-order valence-electron chi connectivity index (χ4n) is 3.10. The number of benzene rings is 1. The summed E-state index contributed by atoms with van der Waals surface area (Å²) in [6, 6.07) is 15.1. The molecule has 1 atom stereocenters. The van der Waals surface area contributed by atoms with Crippen LogP contribution in [0.2, 0.25) is 0 Å². The standard InChI is InChI=1S/C24H26N2O5/c1-16(2)30-23(28)14-20(18-9-7-17(3)8-10-18)25-24(29)21-12-11-19(31-21)15-26-13-5-4-6-22(26)27/h4-13,16,20H,14-15H2,1-3H3,(H,25,29). The van der Waals surface area contributed by atoms with Crippen molar-refractivity contribution in [3.63, 3.8) is 0 Å². The van der Waals surface area contributed by atoms with Gasteiger partial charge in [-0.05, 0) is 44.5 Å². The predicted octanol–water partition coefficient (Wildman–Crippen LogP) is 3.61. The minimum Gasteiger partial charge on any atom is -0.463 e. The van der Waals surface area contributed by atoms with Gasteiger partial charge in [0.25, 0.3) is 11.5 Å². The van der Waals surface area contributed by atoms with Gasteiger partial charge in [-0.1, -0.05) is 35.9 Å². The molecular formula is C24H26N2O5. The van der Waals surface area contributed by atoms with Gasteiger partial charge in [-0.15, -0.1) is 0 Å². The van der Waals surface area contributed by atoms with Crippen LogP contribution in [-0.4, -0.2) is 22.5 Å². The van der Waals surface area contributed by atoms with Crippen LogP contribution in [0.1, 0.15) is 53.8 Å². The van der Waals surface area contributed by atoms with E-state index in [4.69, 9.17) is 9.15 Å². The summed E-state index contributed by atoms with van der Waals surface area (Å²) < 4.78 is 12.4. The number of nitrogens with one attached hydrogen (secondary N) is 1. The average molecular weight is 422 g/mol. The number of amides is 1. The number of carbonyl (C=O) groups excluding carboxylic acids is 2. The SMILES string of the molecule is Cc1ccc(C(CC(=O)OC(C)C)NC(=O)c2ccc(Cn3ccccc3=O)o2)cc1. The van der Waals surface area contributed by atoms with Crippen LogP contribution < -0.4 is 10.9 Å². The van der Waals surface area contributed by atoms with Crippen LogP contribution >= 0.6 is 0 Å². The molecule has 0 saturated heterocycles. The third-order valence-corrected chi connectivity index (χ3v) is 4.63. The van der Waals surface area contributed by atoms with Crippen molar-refractivity contribution in [3.8, 4) is 0 Å². The molecule has 0 spiro atoms. The maximum Gasteiger partial charge on any atom is 0.308 e. The molecule has 0 aliphatic rings. The highest BCUT2D eigenvalue weighted by atomic mass is 16.5. The maximum absolute atomic E-state index is 12.8. The normalized spacial score (nSPS) is 11.9. The van der Waals surface area contributed by atoms with Crippen LogP contribution in [0.5, 0.6) is 0 Å². The first-order chi connectivity index (χ1) is 14.8. The first kappa shape index (κ1) is 22.1. The Bertz CT molecular complexity index is 1100. The highest BCUT2D eigenvalue weighted by molar-refractivity contribution is 5.92. The zero-order valence-electron chi connectivity index (χ0n) is 17.8. The van der Waals surface area contributed by atoms with E-state index in [2.05, 4.69) is 5.32 Å². The van der Waals surface area contributed by atoms with Crippen LogP contribution in [0.4, 0.5) is 0 Å². The molecule has 31 heavy (non-hydrogen) atoms. The van der Waals surface area contributed by atoms with E-state index >= 15 is 0 Å². The number of pyridine rings is 1. The van der Waals surface area contributed by atoms with Crippen LogP contribution in [0.25, 0.3) is 0 Å². The highest BCUT2D eigenvalue weighted by Gasteiger charge is 2.22. The summed E-state index contributed by atoms with van der Waals surface area (Å²) in [4.78, 5) is 36.9.